The lowest BCUT2D eigenvalue weighted by Crippen LogP contribution is -2.50. The molecule has 196 valence electrons. The van der Waals surface area contributed by atoms with Gasteiger partial charge in [-0.05, 0) is 78.1 Å². The quantitative estimate of drug-likeness (QED) is 0.467. The van der Waals surface area contributed by atoms with Crippen LogP contribution in [-0.4, -0.2) is 32.0 Å². The minimum Gasteiger partial charge on any atom is -0.406 e. The van der Waals surface area contributed by atoms with E-state index in [0.29, 0.717) is 6.42 Å². The Bertz CT molecular complexity index is 1310. The molecule has 9 heteroatoms. The summed E-state index contributed by atoms with van der Waals surface area (Å²) in [6.45, 7) is 0. The standard InChI is InChI=1S/C28H28F3NO4S/c29-28(30,31)36-20-14-16-21(17-15-20)37(34,35)32-25-11-5-10-24(27(25)33)26-22-8-3-1-6-18(22)12-13-19-7-2-4-9-23(19)26/h1-4,6-9,14-17,24-27,32-33H,5,10-13H2/t24-,25-,27-/m1/s1. The number of sulfonamides is 1. The number of aryl methyl sites for hydroxylation is 2. The number of nitrogens with one attached hydrogen (secondary N) is 1. The molecule has 0 radical (unpaired) electrons. The predicted octanol–water partition coefficient (Wildman–Crippen LogP) is 5.32. The van der Waals surface area contributed by atoms with Crippen molar-refractivity contribution < 1.29 is 31.4 Å². The van der Waals surface area contributed by atoms with E-state index in [1.54, 1.807) is 0 Å². The average Bonchev–Trinajstić information content (AvgIpc) is 3.02. The highest BCUT2D eigenvalue weighted by Crippen LogP contribution is 2.45. The number of aliphatic hydroxyl groups is 1. The first kappa shape index (κ1) is 25.8. The Kier molecular flexibility index (Phi) is 7.04. The molecular formula is C28H28F3NO4S. The van der Waals surface area contributed by atoms with Crippen LogP contribution in [-0.2, 0) is 22.9 Å². The Hall–Kier alpha value is -2.88. The maximum absolute atomic E-state index is 13.1. The van der Waals surface area contributed by atoms with E-state index in [1.165, 1.54) is 22.3 Å². The van der Waals surface area contributed by atoms with Crippen molar-refractivity contribution in [3.05, 3.63) is 95.1 Å². The number of alkyl halides is 3. The molecule has 37 heavy (non-hydrogen) atoms. The zero-order valence-electron chi connectivity index (χ0n) is 20.0. The smallest absolute Gasteiger partial charge is 0.406 e. The second-order valence-corrected chi connectivity index (χ2v) is 11.4. The van der Waals surface area contributed by atoms with Gasteiger partial charge < -0.3 is 9.84 Å². The molecule has 0 heterocycles. The van der Waals surface area contributed by atoms with E-state index in [-0.39, 0.29) is 16.7 Å². The van der Waals surface area contributed by atoms with Crippen LogP contribution >= 0.6 is 0 Å². The van der Waals surface area contributed by atoms with Gasteiger partial charge in [-0.1, -0.05) is 55.0 Å². The molecule has 5 nitrogen and oxygen atoms in total. The van der Waals surface area contributed by atoms with E-state index in [1.807, 2.05) is 24.3 Å². The summed E-state index contributed by atoms with van der Waals surface area (Å²) < 4.78 is 70.0. The van der Waals surface area contributed by atoms with Gasteiger partial charge in [0.25, 0.3) is 0 Å². The zero-order chi connectivity index (χ0) is 26.2. The van der Waals surface area contributed by atoms with Crippen LogP contribution < -0.4 is 9.46 Å². The first-order chi connectivity index (χ1) is 17.6. The van der Waals surface area contributed by atoms with Crippen molar-refractivity contribution in [3.63, 3.8) is 0 Å². The number of ether oxygens (including phenoxy) is 1. The molecule has 0 bridgehead atoms. The molecule has 1 fully saturated rings. The van der Waals surface area contributed by atoms with E-state index >= 15 is 0 Å². The number of halogens is 3. The second-order valence-electron chi connectivity index (χ2n) is 9.71. The van der Waals surface area contributed by atoms with Gasteiger partial charge in [0.05, 0.1) is 11.0 Å². The summed E-state index contributed by atoms with van der Waals surface area (Å²) in [6, 6.07) is 19.8. The molecular weight excluding hydrogens is 503 g/mol. The molecule has 3 atom stereocenters. The van der Waals surface area contributed by atoms with Crippen LogP contribution in [0, 0.1) is 5.92 Å². The van der Waals surface area contributed by atoms with Crippen LogP contribution in [0.25, 0.3) is 0 Å². The van der Waals surface area contributed by atoms with E-state index in [4.69, 9.17) is 0 Å². The normalized spacial score (nSPS) is 22.5. The highest BCUT2D eigenvalue weighted by molar-refractivity contribution is 7.89. The van der Waals surface area contributed by atoms with Crippen molar-refractivity contribution in [1.82, 2.24) is 4.72 Å². The van der Waals surface area contributed by atoms with Gasteiger partial charge in [0.1, 0.15) is 5.75 Å². The molecule has 2 aliphatic rings. The van der Waals surface area contributed by atoms with Gasteiger partial charge in [0.15, 0.2) is 0 Å². The van der Waals surface area contributed by atoms with Crippen LogP contribution in [0.3, 0.4) is 0 Å². The molecule has 0 spiro atoms. The predicted molar refractivity (Wildman–Crippen MR) is 133 cm³/mol. The minimum absolute atomic E-state index is 0.0731. The van der Waals surface area contributed by atoms with Gasteiger partial charge in [-0.15, -0.1) is 13.2 Å². The molecule has 3 aromatic rings. The van der Waals surface area contributed by atoms with Crippen molar-refractivity contribution in [3.8, 4) is 5.75 Å². The molecule has 2 N–H and O–H groups in total. The summed E-state index contributed by atoms with van der Waals surface area (Å²) in [5.41, 5.74) is 4.81. The van der Waals surface area contributed by atoms with Crippen LogP contribution in [0.5, 0.6) is 5.75 Å². The summed E-state index contributed by atoms with van der Waals surface area (Å²) in [7, 11) is -4.08. The third-order valence-electron chi connectivity index (χ3n) is 7.45. The molecule has 0 unspecified atom stereocenters. The van der Waals surface area contributed by atoms with E-state index in [9.17, 15) is 26.7 Å². The van der Waals surface area contributed by atoms with E-state index in [0.717, 1.165) is 49.9 Å². The number of benzene rings is 3. The lowest BCUT2D eigenvalue weighted by Gasteiger charge is -2.40. The fourth-order valence-electron chi connectivity index (χ4n) is 5.82. The van der Waals surface area contributed by atoms with Gasteiger partial charge >= 0.3 is 6.36 Å². The van der Waals surface area contributed by atoms with Crippen molar-refractivity contribution >= 4 is 10.0 Å². The number of aliphatic hydroxyl groups excluding tert-OH is 1. The van der Waals surface area contributed by atoms with Gasteiger partial charge in [-0.25, -0.2) is 13.1 Å². The van der Waals surface area contributed by atoms with E-state index in [2.05, 4.69) is 33.7 Å². The number of hydrogen-bond acceptors (Lipinski definition) is 4. The Morgan fingerprint density at radius 3 is 1.97 bits per heavy atom. The SMILES string of the molecule is O=S(=O)(N[C@@H]1CCC[C@H](C2c3ccccc3CCc3ccccc32)[C@H]1O)c1ccc(OC(F)(F)F)cc1. The summed E-state index contributed by atoms with van der Waals surface area (Å²) in [5, 5.41) is 11.5. The van der Waals surface area contributed by atoms with Gasteiger partial charge in [0.2, 0.25) is 10.0 Å². The highest BCUT2D eigenvalue weighted by atomic mass is 32.2. The molecule has 2 aliphatic carbocycles. The van der Waals surface area contributed by atoms with Crippen molar-refractivity contribution in [2.24, 2.45) is 5.92 Å². The van der Waals surface area contributed by atoms with Gasteiger partial charge in [-0.2, -0.15) is 0 Å². The Morgan fingerprint density at radius 1 is 0.838 bits per heavy atom. The molecule has 0 aromatic heterocycles. The van der Waals surface area contributed by atoms with Crippen LogP contribution in [0.15, 0.2) is 77.7 Å². The number of rotatable bonds is 5. The molecule has 0 amide bonds. The topological polar surface area (TPSA) is 75.6 Å². The first-order valence-electron chi connectivity index (χ1n) is 12.3. The lowest BCUT2D eigenvalue weighted by molar-refractivity contribution is -0.274. The van der Waals surface area contributed by atoms with Gasteiger partial charge in [0, 0.05) is 12.0 Å². The monoisotopic (exact) mass is 531 g/mol. The summed E-state index contributed by atoms with van der Waals surface area (Å²) in [6.07, 6.45) is -2.07. The van der Waals surface area contributed by atoms with Gasteiger partial charge in [-0.3, -0.25) is 0 Å². The maximum Gasteiger partial charge on any atom is 0.573 e. The highest BCUT2D eigenvalue weighted by Gasteiger charge is 2.41. The average molecular weight is 532 g/mol. The Balaban J connectivity index is 1.41. The second kappa shape index (κ2) is 10.1. The van der Waals surface area contributed by atoms with Crippen molar-refractivity contribution in [2.75, 3.05) is 0 Å². The fourth-order valence-corrected chi connectivity index (χ4v) is 7.11. The largest absolute Gasteiger partial charge is 0.573 e. The van der Waals surface area contributed by atoms with Crippen molar-refractivity contribution in [1.29, 1.82) is 0 Å². The molecule has 1 saturated carbocycles. The molecule has 3 aromatic carbocycles. The minimum atomic E-state index is -4.87. The summed E-state index contributed by atoms with van der Waals surface area (Å²) in [5.74, 6) is -0.782. The summed E-state index contributed by atoms with van der Waals surface area (Å²) >= 11 is 0. The molecule has 5 rings (SSSR count). The van der Waals surface area contributed by atoms with Crippen LogP contribution in [0.2, 0.25) is 0 Å². The summed E-state index contributed by atoms with van der Waals surface area (Å²) in [4.78, 5) is -0.193. The van der Waals surface area contributed by atoms with Crippen LogP contribution in [0.1, 0.15) is 47.4 Å². The van der Waals surface area contributed by atoms with Crippen LogP contribution in [0.4, 0.5) is 13.2 Å². The Morgan fingerprint density at radius 2 is 1.41 bits per heavy atom. The third-order valence-corrected chi connectivity index (χ3v) is 8.96. The number of hydrogen-bond donors (Lipinski definition) is 2. The Labute approximate surface area is 214 Å². The lowest BCUT2D eigenvalue weighted by atomic mass is 9.70. The zero-order valence-corrected chi connectivity index (χ0v) is 20.8. The third kappa shape index (κ3) is 5.54. The first-order valence-corrected chi connectivity index (χ1v) is 13.8. The maximum atomic E-state index is 13.1. The molecule has 0 aliphatic heterocycles. The molecule has 0 saturated heterocycles. The van der Waals surface area contributed by atoms with Crippen molar-refractivity contribution in [2.45, 2.75) is 61.4 Å². The van der Waals surface area contributed by atoms with E-state index < -0.39 is 34.3 Å². The fraction of sp³-hybridized carbons (Fsp3) is 0.357. The number of fused-ring (bicyclic) bond motifs is 2.